The van der Waals surface area contributed by atoms with Gasteiger partial charge in [-0.2, -0.15) is 0 Å². The zero-order chi connectivity index (χ0) is 10.1. The quantitative estimate of drug-likeness (QED) is 0.657. The summed E-state index contributed by atoms with van der Waals surface area (Å²) >= 11 is 5.73. The predicted octanol–water partition coefficient (Wildman–Crippen LogP) is 3.88. The Morgan fingerprint density at radius 1 is 1.14 bits per heavy atom. The number of furan rings is 1. The number of benzene rings is 1. The summed E-state index contributed by atoms with van der Waals surface area (Å²) in [5.41, 5.74) is -0.0448. The van der Waals surface area contributed by atoms with E-state index in [1.165, 1.54) is 18.4 Å². The summed E-state index contributed by atoms with van der Waals surface area (Å²) in [7, 11) is 0. The number of hydrogen-bond acceptors (Lipinski definition) is 1. The molecule has 0 aliphatic heterocycles. The highest BCUT2D eigenvalue weighted by Gasteiger charge is 2.15. The first-order chi connectivity index (χ1) is 6.70. The van der Waals surface area contributed by atoms with Crippen LogP contribution in [0.5, 0.6) is 0 Å². The molecule has 0 saturated heterocycles. The van der Waals surface area contributed by atoms with Crippen LogP contribution < -0.4 is 0 Å². The molecule has 0 radical (unpaired) electrons. The topological polar surface area (TPSA) is 13.1 Å². The summed E-state index contributed by atoms with van der Waals surface area (Å²) in [6.45, 7) is 0. The zero-order valence-electron chi connectivity index (χ0n) is 6.93. The van der Waals surface area contributed by atoms with Gasteiger partial charge in [0.05, 0.1) is 16.8 Å². The minimum Gasteiger partial charge on any atom is -0.464 e. The van der Waals surface area contributed by atoms with Crippen molar-refractivity contribution in [3.05, 3.63) is 47.2 Å². The molecule has 0 aliphatic carbocycles. The second-order valence-electron chi connectivity index (χ2n) is 2.70. The number of halogens is 3. The van der Waals surface area contributed by atoms with Crippen LogP contribution in [0.2, 0.25) is 5.02 Å². The van der Waals surface area contributed by atoms with Gasteiger partial charge in [-0.1, -0.05) is 11.6 Å². The molecule has 0 N–H and O–H groups in total. The van der Waals surface area contributed by atoms with E-state index in [-0.39, 0.29) is 16.3 Å². The lowest BCUT2D eigenvalue weighted by Crippen LogP contribution is -1.89. The highest BCUT2D eigenvalue weighted by atomic mass is 35.5. The van der Waals surface area contributed by atoms with Crippen LogP contribution >= 0.6 is 11.6 Å². The molecule has 4 heteroatoms. The summed E-state index contributed by atoms with van der Waals surface area (Å²) in [5.74, 6) is -1.72. The molecule has 0 saturated carbocycles. The van der Waals surface area contributed by atoms with Gasteiger partial charge in [0.2, 0.25) is 0 Å². The third-order valence-corrected chi connectivity index (χ3v) is 2.13. The molecule has 0 aliphatic rings. The highest BCUT2D eigenvalue weighted by Crippen LogP contribution is 2.31. The highest BCUT2D eigenvalue weighted by molar-refractivity contribution is 6.33. The smallest absolute Gasteiger partial charge is 0.171 e. The van der Waals surface area contributed by atoms with E-state index in [9.17, 15) is 8.78 Å². The molecule has 0 fully saturated rings. The van der Waals surface area contributed by atoms with Crippen molar-refractivity contribution in [3.8, 4) is 11.3 Å². The van der Waals surface area contributed by atoms with E-state index in [1.807, 2.05) is 0 Å². The van der Waals surface area contributed by atoms with Crippen LogP contribution in [0, 0.1) is 11.6 Å². The molecule has 0 bridgehead atoms. The first-order valence-electron chi connectivity index (χ1n) is 3.87. The summed E-state index contributed by atoms with van der Waals surface area (Å²) in [6.07, 6.45) is 1.37. The average molecular weight is 215 g/mol. The molecule has 1 heterocycles. The molecule has 0 atom stereocenters. The molecular weight excluding hydrogens is 210 g/mol. The summed E-state index contributed by atoms with van der Waals surface area (Å²) in [5, 5.41) is 0.124. The fraction of sp³-hybridized carbons (Fsp3) is 0. The predicted molar refractivity (Wildman–Crippen MR) is 49.1 cm³/mol. The average Bonchev–Trinajstić information content (AvgIpc) is 2.65. The van der Waals surface area contributed by atoms with Gasteiger partial charge in [0.15, 0.2) is 11.6 Å². The van der Waals surface area contributed by atoms with Crippen LogP contribution in [-0.4, -0.2) is 0 Å². The van der Waals surface area contributed by atoms with Crippen LogP contribution in [-0.2, 0) is 0 Å². The van der Waals surface area contributed by atoms with E-state index in [1.54, 1.807) is 6.07 Å². The van der Waals surface area contributed by atoms with Gasteiger partial charge in [-0.15, -0.1) is 0 Å². The van der Waals surface area contributed by atoms with E-state index in [0.717, 1.165) is 6.07 Å². The van der Waals surface area contributed by atoms with Crippen molar-refractivity contribution < 1.29 is 13.2 Å². The molecule has 1 aromatic heterocycles. The Morgan fingerprint density at radius 2 is 1.93 bits per heavy atom. The summed E-state index contributed by atoms with van der Waals surface area (Å²) < 4.78 is 31.1. The molecule has 1 nitrogen and oxygen atoms in total. The molecule has 72 valence electrons. The summed E-state index contributed by atoms with van der Waals surface area (Å²) in [4.78, 5) is 0. The Hall–Kier alpha value is -1.35. The third kappa shape index (κ3) is 1.40. The Bertz CT molecular complexity index is 451. The minimum atomic E-state index is -0.993. The van der Waals surface area contributed by atoms with E-state index in [2.05, 4.69) is 0 Å². The second-order valence-corrected chi connectivity index (χ2v) is 3.10. The maximum absolute atomic E-state index is 13.3. The second kappa shape index (κ2) is 3.42. The maximum Gasteiger partial charge on any atom is 0.171 e. The Labute approximate surface area is 83.9 Å². The van der Waals surface area contributed by atoms with Crippen molar-refractivity contribution in [2.75, 3.05) is 0 Å². The van der Waals surface area contributed by atoms with Crippen molar-refractivity contribution in [3.63, 3.8) is 0 Å². The van der Waals surface area contributed by atoms with Crippen molar-refractivity contribution in [1.29, 1.82) is 0 Å². The molecular formula is C10H5ClF2O. The van der Waals surface area contributed by atoms with Gasteiger partial charge >= 0.3 is 0 Å². The van der Waals surface area contributed by atoms with E-state index in [4.69, 9.17) is 16.0 Å². The van der Waals surface area contributed by atoms with Gasteiger partial charge in [0.25, 0.3) is 0 Å². The first kappa shape index (κ1) is 9.21. The third-order valence-electron chi connectivity index (χ3n) is 1.81. The van der Waals surface area contributed by atoms with Gasteiger partial charge in [0.1, 0.15) is 5.76 Å². The lowest BCUT2D eigenvalue weighted by Gasteiger charge is -2.02. The lowest BCUT2D eigenvalue weighted by molar-refractivity contribution is 0.504. The normalized spacial score (nSPS) is 10.5. The Kier molecular flexibility index (Phi) is 2.25. The number of rotatable bonds is 1. The van der Waals surface area contributed by atoms with Crippen LogP contribution in [0.15, 0.2) is 34.9 Å². The summed E-state index contributed by atoms with van der Waals surface area (Å²) in [6, 6.07) is 5.36. The van der Waals surface area contributed by atoms with Crippen molar-refractivity contribution in [2.45, 2.75) is 0 Å². The minimum absolute atomic E-state index is 0.0448. The van der Waals surface area contributed by atoms with Crippen molar-refractivity contribution in [1.82, 2.24) is 0 Å². The van der Waals surface area contributed by atoms with Crippen LogP contribution in [0.25, 0.3) is 11.3 Å². The SMILES string of the molecule is Fc1ccc(Cl)c(-c2ccco2)c1F. The fourth-order valence-corrected chi connectivity index (χ4v) is 1.41. The number of hydrogen-bond donors (Lipinski definition) is 0. The Morgan fingerprint density at radius 3 is 2.57 bits per heavy atom. The van der Waals surface area contributed by atoms with E-state index >= 15 is 0 Å². The zero-order valence-corrected chi connectivity index (χ0v) is 7.68. The molecule has 2 aromatic rings. The monoisotopic (exact) mass is 214 g/mol. The molecule has 0 spiro atoms. The first-order valence-corrected chi connectivity index (χ1v) is 4.25. The van der Waals surface area contributed by atoms with Gasteiger partial charge in [0, 0.05) is 0 Å². The molecule has 0 amide bonds. The standard InChI is InChI=1S/C10H5ClF2O/c11-6-3-4-7(12)10(13)9(6)8-2-1-5-14-8/h1-5H. The maximum atomic E-state index is 13.3. The van der Waals surface area contributed by atoms with Crippen molar-refractivity contribution in [2.24, 2.45) is 0 Å². The lowest BCUT2D eigenvalue weighted by atomic mass is 10.1. The van der Waals surface area contributed by atoms with Gasteiger partial charge in [-0.3, -0.25) is 0 Å². The molecule has 14 heavy (non-hydrogen) atoms. The van der Waals surface area contributed by atoms with Gasteiger partial charge < -0.3 is 4.42 Å². The fourth-order valence-electron chi connectivity index (χ4n) is 1.17. The van der Waals surface area contributed by atoms with E-state index in [0.29, 0.717) is 0 Å². The van der Waals surface area contributed by atoms with Crippen LogP contribution in [0.1, 0.15) is 0 Å². The van der Waals surface area contributed by atoms with Crippen LogP contribution in [0.3, 0.4) is 0 Å². The Balaban J connectivity index is 2.69. The van der Waals surface area contributed by atoms with Crippen LogP contribution in [0.4, 0.5) is 8.78 Å². The molecule has 2 rings (SSSR count). The van der Waals surface area contributed by atoms with Gasteiger partial charge in [-0.05, 0) is 24.3 Å². The molecule has 0 unspecified atom stereocenters. The molecule has 1 aromatic carbocycles. The van der Waals surface area contributed by atoms with Gasteiger partial charge in [-0.25, -0.2) is 8.78 Å². The largest absolute Gasteiger partial charge is 0.464 e. The van der Waals surface area contributed by atoms with E-state index < -0.39 is 11.6 Å². The van der Waals surface area contributed by atoms with Crippen molar-refractivity contribution >= 4 is 11.6 Å².